The maximum atomic E-state index is 13.6. The van der Waals surface area contributed by atoms with E-state index < -0.39 is 0 Å². The van der Waals surface area contributed by atoms with Gasteiger partial charge in [-0.2, -0.15) is 0 Å². The smallest absolute Gasteiger partial charge is 0.275 e. The molecule has 2 aliphatic rings. The minimum Gasteiger partial charge on any atom is -0.497 e. The molecule has 2 fully saturated rings. The molecule has 4 heterocycles. The maximum Gasteiger partial charge on any atom is 0.275 e. The van der Waals surface area contributed by atoms with Crippen molar-refractivity contribution in [1.82, 2.24) is 19.2 Å². The number of carbonyl (C=O) groups is 1. The number of hydrogen-bond acceptors (Lipinski definition) is 4. The second-order valence-corrected chi connectivity index (χ2v) is 11.6. The van der Waals surface area contributed by atoms with Crippen molar-refractivity contribution in [2.45, 2.75) is 51.5 Å². The van der Waals surface area contributed by atoms with Crippen LogP contribution in [-0.4, -0.2) is 53.1 Å². The Balaban J connectivity index is 1.19. The summed E-state index contributed by atoms with van der Waals surface area (Å²) in [5.74, 6) is 2.43. The Kier molecular flexibility index (Phi) is 7.91. The normalized spacial score (nSPS) is 17.1. The first kappa shape index (κ1) is 26.6. The fourth-order valence-corrected chi connectivity index (χ4v) is 6.67. The highest BCUT2D eigenvalue weighted by atomic mass is 16.5. The molecule has 2 saturated heterocycles. The number of methoxy groups -OCH3 is 1. The molecule has 2 aliphatic heterocycles. The molecule has 4 aromatic rings. The lowest BCUT2D eigenvalue weighted by molar-refractivity contribution is 0.0685. The average Bonchev–Trinajstić information content (AvgIpc) is 3.50. The van der Waals surface area contributed by atoms with Crippen LogP contribution in [-0.2, 0) is 6.54 Å². The van der Waals surface area contributed by atoms with Gasteiger partial charge in [0.1, 0.15) is 11.3 Å². The van der Waals surface area contributed by atoms with Gasteiger partial charge in [-0.15, -0.1) is 0 Å². The minimum absolute atomic E-state index is 0.0584. The van der Waals surface area contributed by atoms with Crippen molar-refractivity contribution in [2.24, 2.45) is 11.8 Å². The van der Waals surface area contributed by atoms with Crippen molar-refractivity contribution in [3.8, 4) is 5.75 Å². The number of carbonyl (C=O) groups excluding carboxylic acids is 1. The summed E-state index contributed by atoms with van der Waals surface area (Å²) in [5, 5.41) is 3.46. The van der Waals surface area contributed by atoms with Crippen LogP contribution in [0.25, 0.3) is 16.6 Å². The molecule has 1 N–H and O–H groups in total. The molecule has 0 atom stereocenters. The van der Waals surface area contributed by atoms with Gasteiger partial charge in [-0.1, -0.05) is 31.4 Å². The number of nitrogens with zero attached hydrogens (tertiary/aromatic N) is 3. The number of nitrogens with one attached hydrogen (secondary N) is 1. The second kappa shape index (κ2) is 11.9. The summed E-state index contributed by atoms with van der Waals surface area (Å²) in [6.45, 7) is 4.36. The van der Waals surface area contributed by atoms with Crippen LogP contribution in [0.3, 0.4) is 0 Å². The first-order chi connectivity index (χ1) is 19.6. The van der Waals surface area contributed by atoms with E-state index in [-0.39, 0.29) is 11.5 Å². The Labute approximate surface area is 235 Å². The van der Waals surface area contributed by atoms with Gasteiger partial charge < -0.3 is 23.9 Å². The first-order valence-electron chi connectivity index (χ1n) is 14.9. The lowest BCUT2D eigenvalue weighted by Crippen LogP contribution is -2.38. The molecule has 2 aromatic carbocycles. The summed E-state index contributed by atoms with van der Waals surface area (Å²) in [7, 11) is 1.64. The summed E-state index contributed by atoms with van der Waals surface area (Å²) in [6, 6.07) is 17.3. The van der Waals surface area contributed by atoms with E-state index in [4.69, 9.17) is 4.74 Å². The minimum atomic E-state index is -0.0739. The number of ether oxygens (including phenoxy) is 1. The van der Waals surface area contributed by atoms with E-state index in [1.807, 2.05) is 70.1 Å². The molecule has 1 amide bonds. The van der Waals surface area contributed by atoms with Gasteiger partial charge in [0, 0.05) is 24.8 Å². The Morgan fingerprint density at radius 1 is 0.900 bits per heavy atom. The Morgan fingerprint density at radius 3 is 2.45 bits per heavy atom. The van der Waals surface area contributed by atoms with Crippen LogP contribution >= 0.6 is 0 Å². The Hall–Kier alpha value is -3.58. The predicted octanol–water partition coefficient (Wildman–Crippen LogP) is 5.33. The molecule has 7 nitrogen and oxygen atoms in total. The van der Waals surface area contributed by atoms with Crippen molar-refractivity contribution < 1.29 is 9.53 Å². The molecule has 0 saturated carbocycles. The number of benzene rings is 2. The molecule has 2 aromatic heterocycles. The average molecular weight is 541 g/mol. The van der Waals surface area contributed by atoms with E-state index >= 15 is 0 Å². The van der Waals surface area contributed by atoms with Crippen LogP contribution in [0, 0.1) is 11.8 Å². The largest absolute Gasteiger partial charge is 0.497 e. The van der Waals surface area contributed by atoms with Crippen molar-refractivity contribution in [3.63, 3.8) is 0 Å². The molecular weight excluding hydrogens is 500 g/mol. The van der Waals surface area contributed by atoms with Crippen LogP contribution in [0.1, 0.15) is 60.9 Å². The molecule has 210 valence electrons. The molecule has 0 aliphatic carbocycles. The summed E-state index contributed by atoms with van der Waals surface area (Å²) in [5.41, 5.74) is 3.83. The lowest BCUT2D eigenvalue weighted by atomic mass is 9.87. The summed E-state index contributed by atoms with van der Waals surface area (Å²) in [4.78, 5) is 29.2. The second-order valence-electron chi connectivity index (χ2n) is 11.6. The van der Waals surface area contributed by atoms with Gasteiger partial charge in [-0.25, -0.2) is 0 Å². The zero-order chi connectivity index (χ0) is 27.5. The van der Waals surface area contributed by atoms with Gasteiger partial charge in [0.2, 0.25) is 0 Å². The van der Waals surface area contributed by atoms with E-state index in [0.29, 0.717) is 17.6 Å². The number of piperidine rings is 2. The van der Waals surface area contributed by atoms with Gasteiger partial charge in [0.05, 0.1) is 24.7 Å². The SMILES string of the molecule is COc1cccc(Cn2c(=O)c3cccn3c3ccc(C(=O)N4CCC(CCCC5CCNCC5)CC4)cc32)c1. The van der Waals surface area contributed by atoms with Crippen molar-refractivity contribution in [3.05, 3.63) is 82.3 Å². The fraction of sp³-hybridized carbons (Fsp3) is 0.455. The molecule has 40 heavy (non-hydrogen) atoms. The maximum absolute atomic E-state index is 13.6. The zero-order valence-electron chi connectivity index (χ0n) is 23.5. The summed E-state index contributed by atoms with van der Waals surface area (Å²) < 4.78 is 9.10. The third-order valence-corrected chi connectivity index (χ3v) is 9.05. The van der Waals surface area contributed by atoms with Crippen LogP contribution < -0.4 is 15.6 Å². The third-order valence-electron chi connectivity index (χ3n) is 9.05. The molecule has 0 unspecified atom stereocenters. The van der Waals surface area contributed by atoms with Crippen LogP contribution in [0.2, 0.25) is 0 Å². The first-order valence-corrected chi connectivity index (χ1v) is 14.9. The van der Waals surface area contributed by atoms with E-state index in [2.05, 4.69) is 5.32 Å². The number of likely N-dealkylation sites (tertiary alicyclic amines) is 1. The number of fused-ring (bicyclic) bond motifs is 3. The number of amides is 1. The summed E-state index contributed by atoms with van der Waals surface area (Å²) in [6.07, 6.45) is 10.7. The molecule has 0 radical (unpaired) electrons. The van der Waals surface area contributed by atoms with Gasteiger partial charge in [0.15, 0.2) is 0 Å². The molecule has 6 rings (SSSR count). The molecule has 0 spiro atoms. The molecular formula is C33H40N4O3. The van der Waals surface area contributed by atoms with Crippen molar-refractivity contribution in [2.75, 3.05) is 33.3 Å². The fourth-order valence-electron chi connectivity index (χ4n) is 6.67. The number of rotatable bonds is 8. The predicted molar refractivity (Wildman–Crippen MR) is 159 cm³/mol. The highest BCUT2D eigenvalue weighted by Gasteiger charge is 2.25. The van der Waals surface area contributed by atoms with Crippen LogP contribution in [0.5, 0.6) is 5.75 Å². The molecule has 0 bridgehead atoms. The number of hydrogen-bond donors (Lipinski definition) is 1. The van der Waals surface area contributed by atoms with E-state index in [9.17, 15) is 9.59 Å². The highest BCUT2D eigenvalue weighted by Crippen LogP contribution is 2.27. The highest BCUT2D eigenvalue weighted by molar-refractivity contribution is 5.97. The monoisotopic (exact) mass is 540 g/mol. The quantitative estimate of drug-likeness (QED) is 0.328. The van der Waals surface area contributed by atoms with E-state index in [0.717, 1.165) is 60.1 Å². The van der Waals surface area contributed by atoms with Gasteiger partial charge in [0.25, 0.3) is 11.5 Å². The van der Waals surface area contributed by atoms with E-state index in [1.165, 1.54) is 45.2 Å². The third kappa shape index (κ3) is 5.52. The van der Waals surface area contributed by atoms with Crippen molar-refractivity contribution in [1.29, 1.82) is 0 Å². The van der Waals surface area contributed by atoms with Crippen LogP contribution in [0.4, 0.5) is 0 Å². The zero-order valence-corrected chi connectivity index (χ0v) is 23.5. The van der Waals surface area contributed by atoms with Gasteiger partial charge >= 0.3 is 0 Å². The topological polar surface area (TPSA) is 68.0 Å². The van der Waals surface area contributed by atoms with E-state index in [1.54, 1.807) is 11.7 Å². The lowest BCUT2D eigenvalue weighted by Gasteiger charge is -2.32. The van der Waals surface area contributed by atoms with Gasteiger partial charge in [-0.05, 0) is 98.6 Å². The number of aromatic nitrogens is 2. The Bertz CT molecular complexity index is 1540. The molecule has 7 heteroatoms. The standard InChI is InChI=1S/C33H40N4O3/c1-40-28-8-3-7-26(21-28)23-37-31-22-27(10-11-29(31)36-18-4-9-30(36)33(37)39)32(38)35-19-14-25(15-20-35)6-2-5-24-12-16-34-17-13-24/h3-4,7-11,18,21-22,24-25,34H,2,5-6,12-17,19-20,23H2,1H3. The Morgan fingerprint density at radius 2 is 1.68 bits per heavy atom. The van der Waals surface area contributed by atoms with Crippen molar-refractivity contribution >= 4 is 22.5 Å². The van der Waals surface area contributed by atoms with Gasteiger partial charge in [-0.3, -0.25) is 9.59 Å². The van der Waals surface area contributed by atoms with Crippen LogP contribution in [0.15, 0.2) is 65.6 Å². The summed E-state index contributed by atoms with van der Waals surface area (Å²) >= 11 is 0.